The molecule has 7 nitrogen and oxygen atoms in total. The number of nitrogens with one attached hydrogen (secondary N) is 1. The van der Waals surface area contributed by atoms with Gasteiger partial charge in [0.25, 0.3) is 17.1 Å². The Bertz CT molecular complexity index is 1280. The van der Waals surface area contributed by atoms with E-state index >= 15 is 0 Å². The minimum atomic E-state index is -0.378. The summed E-state index contributed by atoms with van der Waals surface area (Å²) < 4.78 is 10.6. The van der Waals surface area contributed by atoms with E-state index < -0.39 is 0 Å². The van der Waals surface area contributed by atoms with Crippen molar-refractivity contribution >= 4 is 45.7 Å². The molecule has 2 heterocycles. The van der Waals surface area contributed by atoms with Crippen molar-refractivity contribution in [1.29, 1.82) is 0 Å². The van der Waals surface area contributed by atoms with Gasteiger partial charge in [0.15, 0.2) is 11.5 Å². The second-order valence-electron chi connectivity index (χ2n) is 7.23. The van der Waals surface area contributed by atoms with Gasteiger partial charge in [-0.05, 0) is 52.4 Å². The van der Waals surface area contributed by atoms with Crippen molar-refractivity contribution in [2.24, 2.45) is 0 Å². The average Bonchev–Trinajstić information content (AvgIpc) is 3.38. The summed E-state index contributed by atoms with van der Waals surface area (Å²) in [5.41, 5.74) is 1.30. The average molecular weight is 446 g/mol. The van der Waals surface area contributed by atoms with Gasteiger partial charge >= 0.3 is 0 Å². The molecule has 1 saturated heterocycles. The number of ether oxygens (including phenoxy) is 2. The second kappa shape index (κ2) is 8.39. The monoisotopic (exact) mass is 446 g/mol. The van der Waals surface area contributed by atoms with Crippen LogP contribution < -0.4 is 14.8 Å². The molecule has 32 heavy (non-hydrogen) atoms. The van der Waals surface area contributed by atoms with Gasteiger partial charge in [0.1, 0.15) is 0 Å². The van der Waals surface area contributed by atoms with Crippen molar-refractivity contribution in [3.8, 4) is 11.5 Å². The minimum Gasteiger partial charge on any atom is -0.454 e. The maximum absolute atomic E-state index is 12.7. The smallest absolute Gasteiger partial charge is 0.293 e. The molecule has 0 atom stereocenters. The number of rotatable bonds is 5. The largest absolute Gasteiger partial charge is 0.454 e. The maximum atomic E-state index is 12.7. The van der Waals surface area contributed by atoms with Gasteiger partial charge in [-0.3, -0.25) is 19.3 Å². The molecule has 0 saturated carbocycles. The van der Waals surface area contributed by atoms with Crippen molar-refractivity contribution in [2.45, 2.75) is 0 Å². The highest BCUT2D eigenvalue weighted by Gasteiger charge is 2.34. The SMILES string of the molecule is O=C(NCCN1C(=O)SC(=Cc2ccc3c(c2)OCO3)C1=O)c1cccc2ccccc12. The molecule has 3 amide bonds. The highest BCUT2D eigenvalue weighted by Crippen LogP contribution is 2.36. The van der Waals surface area contributed by atoms with E-state index in [9.17, 15) is 14.4 Å². The number of benzene rings is 3. The first-order valence-corrected chi connectivity index (χ1v) is 10.8. The van der Waals surface area contributed by atoms with E-state index in [0.717, 1.165) is 33.0 Å². The fourth-order valence-corrected chi connectivity index (χ4v) is 4.51. The third-order valence-corrected chi connectivity index (χ3v) is 6.13. The summed E-state index contributed by atoms with van der Waals surface area (Å²) in [4.78, 5) is 39.2. The van der Waals surface area contributed by atoms with Gasteiger partial charge < -0.3 is 14.8 Å². The Kier molecular flexibility index (Phi) is 5.28. The first-order chi connectivity index (χ1) is 15.6. The zero-order valence-corrected chi connectivity index (χ0v) is 17.7. The number of carbonyl (C=O) groups excluding carboxylic acids is 3. The molecule has 0 unspecified atom stereocenters. The van der Waals surface area contributed by atoms with Gasteiger partial charge in [0.05, 0.1) is 4.91 Å². The first-order valence-electron chi connectivity index (χ1n) is 10.0. The third-order valence-electron chi connectivity index (χ3n) is 5.22. The summed E-state index contributed by atoms with van der Waals surface area (Å²) in [6.07, 6.45) is 1.65. The quantitative estimate of drug-likeness (QED) is 0.596. The number of fused-ring (bicyclic) bond motifs is 2. The fraction of sp³-hybridized carbons (Fsp3) is 0.125. The second-order valence-corrected chi connectivity index (χ2v) is 8.22. The molecule has 0 spiro atoms. The van der Waals surface area contributed by atoms with E-state index in [4.69, 9.17) is 9.47 Å². The van der Waals surface area contributed by atoms with Crippen LogP contribution in [0.15, 0.2) is 65.6 Å². The predicted octanol–water partition coefficient (Wildman–Crippen LogP) is 4.03. The van der Waals surface area contributed by atoms with E-state index in [0.29, 0.717) is 22.0 Å². The molecule has 5 rings (SSSR count). The molecule has 0 radical (unpaired) electrons. The van der Waals surface area contributed by atoms with Crippen LogP contribution in [0.5, 0.6) is 11.5 Å². The Morgan fingerprint density at radius 3 is 2.75 bits per heavy atom. The molecular formula is C24H18N2O5S. The molecule has 8 heteroatoms. The fourth-order valence-electron chi connectivity index (χ4n) is 3.65. The van der Waals surface area contributed by atoms with Gasteiger partial charge in [0, 0.05) is 18.7 Å². The number of hydrogen-bond donors (Lipinski definition) is 1. The van der Waals surface area contributed by atoms with E-state index in [2.05, 4.69) is 5.32 Å². The van der Waals surface area contributed by atoms with Gasteiger partial charge in [-0.1, -0.05) is 42.5 Å². The molecular weight excluding hydrogens is 428 g/mol. The van der Waals surface area contributed by atoms with Crippen molar-refractivity contribution in [1.82, 2.24) is 10.2 Å². The van der Waals surface area contributed by atoms with Crippen LogP contribution in [0, 0.1) is 0 Å². The van der Waals surface area contributed by atoms with E-state index in [1.54, 1.807) is 30.3 Å². The lowest BCUT2D eigenvalue weighted by Crippen LogP contribution is -2.37. The molecule has 0 bridgehead atoms. The molecule has 0 aliphatic carbocycles. The Labute approximate surface area is 188 Å². The zero-order chi connectivity index (χ0) is 22.1. The molecule has 1 fully saturated rings. The molecule has 2 aliphatic rings. The summed E-state index contributed by atoms with van der Waals surface area (Å²) in [6.45, 7) is 0.427. The van der Waals surface area contributed by atoms with Gasteiger partial charge in [0.2, 0.25) is 6.79 Å². The number of thioether (sulfide) groups is 1. The number of carbonyl (C=O) groups is 3. The van der Waals surface area contributed by atoms with Gasteiger partial charge in [-0.25, -0.2) is 0 Å². The lowest BCUT2D eigenvalue weighted by molar-refractivity contribution is -0.122. The van der Waals surface area contributed by atoms with Crippen LogP contribution in [0.1, 0.15) is 15.9 Å². The topological polar surface area (TPSA) is 84.9 Å². The van der Waals surface area contributed by atoms with Gasteiger partial charge in [-0.2, -0.15) is 0 Å². The highest BCUT2D eigenvalue weighted by atomic mass is 32.2. The van der Waals surface area contributed by atoms with Crippen LogP contribution in [-0.4, -0.2) is 41.8 Å². The van der Waals surface area contributed by atoms with Crippen LogP contribution in [-0.2, 0) is 4.79 Å². The summed E-state index contributed by atoms with van der Waals surface area (Å²) in [6, 6.07) is 18.5. The van der Waals surface area contributed by atoms with Crippen molar-refractivity contribution in [3.05, 3.63) is 76.7 Å². The predicted molar refractivity (Wildman–Crippen MR) is 122 cm³/mol. The third kappa shape index (κ3) is 3.80. The van der Waals surface area contributed by atoms with E-state index in [1.165, 1.54) is 0 Å². The Balaban J connectivity index is 1.24. The summed E-state index contributed by atoms with van der Waals surface area (Å²) in [5, 5.41) is 4.27. The minimum absolute atomic E-state index is 0.0969. The highest BCUT2D eigenvalue weighted by molar-refractivity contribution is 8.18. The van der Waals surface area contributed by atoms with E-state index in [1.807, 2.05) is 36.4 Å². The number of nitrogens with zero attached hydrogens (tertiary/aromatic N) is 1. The van der Waals surface area contributed by atoms with Crippen LogP contribution in [0.2, 0.25) is 0 Å². The van der Waals surface area contributed by atoms with Crippen LogP contribution in [0.3, 0.4) is 0 Å². The molecule has 3 aromatic rings. The molecule has 160 valence electrons. The van der Waals surface area contributed by atoms with E-state index in [-0.39, 0.29) is 36.9 Å². The molecule has 0 aromatic heterocycles. The molecule has 2 aliphatic heterocycles. The summed E-state index contributed by atoms with van der Waals surface area (Å²) in [7, 11) is 0. The van der Waals surface area contributed by atoms with Crippen molar-refractivity contribution < 1.29 is 23.9 Å². The Hall–Kier alpha value is -3.78. The Morgan fingerprint density at radius 1 is 1.03 bits per heavy atom. The van der Waals surface area contributed by atoms with Crippen LogP contribution in [0.4, 0.5) is 4.79 Å². The zero-order valence-electron chi connectivity index (χ0n) is 16.9. The first kappa shape index (κ1) is 20.1. The number of hydrogen-bond acceptors (Lipinski definition) is 6. The van der Waals surface area contributed by atoms with Gasteiger partial charge in [-0.15, -0.1) is 0 Å². The lowest BCUT2D eigenvalue weighted by Gasteiger charge is -2.13. The molecule has 1 N–H and O–H groups in total. The standard InChI is InChI=1S/C24H18N2O5S/c27-22(18-7-3-5-16-4-1-2-6-17(16)18)25-10-11-26-23(28)21(32-24(26)29)13-15-8-9-19-20(12-15)31-14-30-19/h1-9,12-13H,10-11,14H2,(H,25,27). The van der Waals surface area contributed by atoms with Crippen molar-refractivity contribution in [2.75, 3.05) is 19.9 Å². The number of amides is 3. The molecule has 3 aromatic carbocycles. The normalized spacial score (nSPS) is 16.2. The van der Waals surface area contributed by atoms with Crippen LogP contribution >= 0.6 is 11.8 Å². The maximum Gasteiger partial charge on any atom is 0.293 e. The van der Waals surface area contributed by atoms with Crippen LogP contribution in [0.25, 0.3) is 16.8 Å². The van der Waals surface area contributed by atoms with Crippen molar-refractivity contribution in [3.63, 3.8) is 0 Å². The Morgan fingerprint density at radius 2 is 1.84 bits per heavy atom. The number of imide groups is 1. The lowest BCUT2D eigenvalue weighted by atomic mass is 10.0. The summed E-state index contributed by atoms with van der Waals surface area (Å²) in [5.74, 6) is 0.632. The summed E-state index contributed by atoms with van der Waals surface area (Å²) >= 11 is 0.881.